The molecule has 0 bridgehead atoms. The molecule has 2 N–H and O–H groups in total. The summed E-state index contributed by atoms with van der Waals surface area (Å²) in [5.74, 6) is -1.09. The molecule has 0 spiro atoms. The molecule has 2 aliphatic rings. The van der Waals surface area contributed by atoms with Crippen LogP contribution in [0.4, 0.5) is 13.2 Å². The summed E-state index contributed by atoms with van der Waals surface area (Å²) >= 11 is 1.67. The van der Waals surface area contributed by atoms with Crippen molar-refractivity contribution in [1.82, 2.24) is 10.2 Å². The van der Waals surface area contributed by atoms with Crippen molar-refractivity contribution in [3.8, 4) is 16.9 Å². The maximum absolute atomic E-state index is 13.0. The van der Waals surface area contributed by atoms with E-state index in [0.29, 0.717) is 23.5 Å². The maximum Gasteiger partial charge on any atom is 0.471 e. The van der Waals surface area contributed by atoms with Gasteiger partial charge in [-0.15, -0.1) is 11.8 Å². The average molecular weight is 721 g/mol. The van der Waals surface area contributed by atoms with E-state index in [1.54, 1.807) is 18.9 Å². The second kappa shape index (κ2) is 16.3. The minimum Gasteiger partial charge on any atom is -0.496 e. The highest BCUT2D eigenvalue weighted by Crippen LogP contribution is 2.41. The summed E-state index contributed by atoms with van der Waals surface area (Å²) < 4.78 is 57.6. The molecule has 4 aromatic carbocycles. The molecule has 4 unspecified atom stereocenters. The molecule has 268 valence electrons. The highest BCUT2D eigenvalue weighted by Gasteiger charge is 2.47. The predicted molar refractivity (Wildman–Crippen MR) is 187 cm³/mol. The first-order chi connectivity index (χ1) is 24.6. The number of aliphatic hydroxyl groups excluding tert-OH is 1. The number of hydrogen-bond donors (Lipinski definition) is 2. The number of hydrogen-bond acceptors (Lipinski definition) is 7. The molecule has 0 radical (unpaired) electrons. The van der Waals surface area contributed by atoms with Crippen LogP contribution in [0.5, 0.6) is 5.75 Å². The van der Waals surface area contributed by atoms with Crippen LogP contribution >= 0.6 is 11.8 Å². The fourth-order valence-electron chi connectivity index (χ4n) is 6.39. The Morgan fingerprint density at radius 1 is 0.922 bits per heavy atom. The third kappa shape index (κ3) is 8.93. The zero-order valence-electron chi connectivity index (χ0n) is 28.0. The van der Waals surface area contributed by atoms with Crippen LogP contribution in [0.2, 0.25) is 0 Å². The van der Waals surface area contributed by atoms with Crippen molar-refractivity contribution in [3.63, 3.8) is 0 Å². The van der Waals surface area contributed by atoms with Crippen molar-refractivity contribution in [2.24, 2.45) is 0 Å². The second-order valence-corrected chi connectivity index (χ2v) is 13.6. The summed E-state index contributed by atoms with van der Waals surface area (Å²) in [6.07, 6.45) is -4.83. The Balaban J connectivity index is 1.13. The SMILES string of the molecule is COc1ccccc1SCC1CC(c2ccc(CO)cc2)OC(c2ccc(-c3cccc(CNC(=O)C4CCCN4C(=O)C(F)(F)F)c3)cc2)O1. The summed E-state index contributed by atoms with van der Waals surface area (Å²) in [4.78, 5) is 26.2. The Kier molecular flexibility index (Phi) is 11.7. The molecule has 12 heteroatoms. The number of nitrogens with zero attached hydrogens (tertiary/aromatic N) is 1. The number of amides is 2. The van der Waals surface area contributed by atoms with Crippen LogP contribution in [0.3, 0.4) is 0 Å². The minimum absolute atomic E-state index is 0.0354. The number of ether oxygens (including phenoxy) is 3. The zero-order chi connectivity index (χ0) is 36.0. The third-order valence-corrected chi connectivity index (χ3v) is 10.3. The quantitative estimate of drug-likeness (QED) is 0.156. The molecule has 2 heterocycles. The number of likely N-dealkylation sites (tertiary alicyclic amines) is 1. The van der Waals surface area contributed by atoms with Gasteiger partial charge in [0.1, 0.15) is 11.8 Å². The molecule has 2 aliphatic heterocycles. The Morgan fingerprint density at radius 3 is 2.39 bits per heavy atom. The van der Waals surface area contributed by atoms with Crippen LogP contribution in [0.1, 0.15) is 53.9 Å². The largest absolute Gasteiger partial charge is 0.496 e. The topological polar surface area (TPSA) is 97.3 Å². The Labute approximate surface area is 298 Å². The lowest BCUT2D eigenvalue weighted by Crippen LogP contribution is -2.50. The molecule has 2 amide bonds. The normalized spacial score (nSPS) is 20.6. The van der Waals surface area contributed by atoms with Crippen molar-refractivity contribution in [1.29, 1.82) is 0 Å². The summed E-state index contributed by atoms with van der Waals surface area (Å²) in [5.41, 5.74) is 5.24. The molecule has 8 nitrogen and oxygen atoms in total. The highest BCUT2D eigenvalue weighted by molar-refractivity contribution is 7.99. The molecule has 51 heavy (non-hydrogen) atoms. The second-order valence-electron chi connectivity index (χ2n) is 12.5. The smallest absolute Gasteiger partial charge is 0.471 e. The standard InChI is InChI=1S/C39H39F3N2O6S/c1-48-33-9-2-3-10-35(33)51-24-31-21-34(28-13-11-25(23-45)12-14-28)50-37(49-31)29-17-15-27(16-18-29)30-7-4-6-26(20-30)22-43-36(46)32-8-5-19-44(32)38(47)39(40,41)42/h2-4,6-7,9-18,20,31-32,34,37,45H,5,8,19,21-24H2,1H3,(H,43,46). The van der Waals surface area contributed by atoms with Crippen LogP contribution in [-0.4, -0.2) is 59.6 Å². The summed E-state index contributed by atoms with van der Waals surface area (Å²) in [5, 5.41) is 12.2. The van der Waals surface area contributed by atoms with Gasteiger partial charge in [-0.25, -0.2) is 0 Å². The van der Waals surface area contributed by atoms with Gasteiger partial charge in [-0.3, -0.25) is 9.59 Å². The molecular weight excluding hydrogens is 681 g/mol. The number of aliphatic hydroxyl groups is 1. The molecular formula is C39H39F3N2O6S. The van der Waals surface area contributed by atoms with E-state index in [0.717, 1.165) is 44.0 Å². The van der Waals surface area contributed by atoms with Gasteiger partial charge in [-0.05, 0) is 58.9 Å². The van der Waals surface area contributed by atoms with Crippen LogP contribution in [0, 0.1) is 0 Å². The lowest BCUT2D eigenvalue weighted by Gasteiger charge is -2.36. The van der Waals surface area contributed by atoms with E-state index in [-0.39, 0.29) is 38.3 Å². The number of rotatable bonds is 11. The Hall–Kier alpha value is -4.36. The van der Waals surface area contributed by atoms with Crippen LogP contribution in [0.15, 0.2) is 102 Å². The van der Waals surface area contributed by atoms with Crippen molar-refractivity contribution < 1.29 is 42.1 Å². The van der Waals surface area contributed by atoms with E-state index in [1.807, 2.05) is 97.1 Å². The number of benzene rings is 4. The van der Waals surface area contributed by atoms with Crippen LogP contribution in [-0.2, 0) is 32.2 Å². The average Bonchev–Trinajstić information content (AvgIpc) is 3.66. The van der Waals surface area contributed by atoms with Crippen LogP contribution < -0.4 is 10.1 Å². The summed E-state index contributed by atoms with van der Waals surface area (Å²) in [7, 11) is 1.66. The van der Waals surface area contributed by atoms with E-state index < -0.39 is 30.3 Å². The number of thioether (sulfide) groups is 1. The Morgan fingerprint density at radius 2 is 1.67 bits per heavy atom. The maximum atomic E-state index is 13.0. The van der Waals surface area contributed by atoms with E-state index in [1.165, 1.54) is 0 Å². The van der Waals surface area contributed by atoms with Crippen molar-refractivity contribution in [2.45, 2.75) is 68.0 Å². The number of halogens is 3. The molecule has 0 aromatic heterocycles. The number of para-hydroxylation sites is 1. The van der Waals surface area contributed by atoms with Gasteiger partial charge in [-0.2, -0.15) is 13.2 Å². The number of methoxy groups -OCH3 is 1. The highest BCUT2D eigenvalue weighted by atomic mass is 32.2. The Bertz CT molecular complexity index is 1800. The van der Waals surface area contributed by atoms with Gasteiger partial charge >= 0.3 is 12.1 Å². The van der Waals surface area contributed by atoms with Gasteiger partial charge in [-0.1, -0.05) is 78.9 Å². The van der Waals surface area contributed by atoms with Gasteiger partial charge < -0.3 is 29.5 Å². The molecule has 2 fully saturated rings. The number of carbonyl (C=O) groups excluding carboxylic acids is 2. The molecule has 6 rings (SSSR count). The molecule has 0 saturated carbocycles. The lowest BCUT2D eigenvalue weighted by atomic mass is 9.99. The number of alkyl halides is 3. The summed E-state index contributed by atoms with van der Waals surface area (Å²) in [6.45, 7) is -0.0277. The molecule has 4 aromatic rings. The van der Waals surface area contributed by atoms with Gasteiger partial charge in [0.05, 0.1) is 25.9 Å². The third-order valence-electron chi connectivity index (χ3n) is 9.08. The first-order valence-corrected chi connectivity index (χ1v) is 17.7. The number of carbonyl (C=O) groups is 2. The van der Waals surface area contributed by atoms with Crippen molar-refractivity contribution in [2.75, 3.05) is 19.4 Å². The van der Waals surface area contributed by atoms with Gasteiger partial charge in [0.15, 0.2) is 6.29 Å². The fraction of sp³-hybridized carbons (Fsp3) is 0.333. The number of nitrogens with one attached hydrogen (secondary N) is 1. The zero-order valence-corrected chi connectivity index (χ0v) is 28.8. The minimum atomic E-state index is -5.02. The van der Waals surface area contributed by atoms with Crippen molar-refractivity contribution in [3.05, 3.63) is 119 Å². The van der Waals surface area contributed by atoms with Crippen LogP contribution in [0.25, 0.3) is 11.1 Å². The molecule has 2 saturated heterocycles. The van der Waals surface area contributed by atoms with Gasteiger partial charge in [0.2, 0.25) is 5.91 Å². The van der Waals surface area contributed by atoms with Gasteiger partial charge in [0, 0.05) is 35.7 Å². The van der Waals surface area contributed by atoms with E-state index in [4.69, 9.17) is 14.2 Å². The monoisotopic (exact) mass is 720 g/mol. The van der Waals surface area contributed by atoms with E-state index >= 15 is 0 Å². The molecule has 0 aliphatic carbocycles. The first kappa shape index (κ1) is 36.4. The van der Waals surface area contributed by atoms with Gasteiger partial charge in [0.25, 0.3) is 0 Å². The van der Waals surface area contributed by atoms with Crippen molar-refractivity contribution >= 4 is 23.6 Å². The van der Waals surface area contributed by atoms with E-state index in [2.05, 4.69) is 5.32 Å². The fourth-order valence-corrected chi connectivity index (χ4v) is 7.44. The lowest BCUT2D eigenvalue weighted by molar-refractivity contribution is -0.245. The first-order valence-electron chi connectivity index (χ1n) is 16.7. The molecule has 4 atom stereocenters. The summed E-state index contributed by atoms with van der Waals surface area (Å²) in [6, 6.07) is 29.9. The predicted octanol–water partition coefficient (Wildman–Crippen LogP) is 7.36. The van der Waals surface area contributed by atoms with E-state index in [9.17, 15) is 27.9 Å².